The molecule has 5 nitrogen and oxygen atoms in total. The zero-order valence-electron chi connectivity index (χ0n) is 14.3. The van der Waals surface area contributed by atoms with E-state index in [0.717, 1.165) is 17.5 Å². The van der Waals surface area contributed by atoms with Gasteiger partial charge >= 0.3 is 5.97 Å². The van der Waals surface area contributed by atoms with Gasteiger partial charge in [-0.05, 0) is 43.0 Å². The van der Waals surface area contributed by atoms with Crippen molar-refractivity contribution in [3.05, 3.63) is 51.9 Å². The van der Waals surface area contributed by atoms with Gasteiger partial charge in [0.05, 0.1) is 30.7 Å². The van der Waals surface area contributed by atoms with E-state index in [1.165, 1.54) is 16.9 Å². The fraction of sp³-hybridized carbons (Fsp3) is 0.368. The van der Waals surface area contributed by atoms with E-state index in [-0.39, 0.29) is 24.4 Å². The first-order valence-corrected chi connectivity index (χ1v) is 9.17. The van der Waals surface area contributed by atoms with Crippen molar-refractivity contribution in [3.8, 4) is 0 Å². The van der Waals surface area contributed by atoms with Crippen LogP contribution in [0.3, 0.4) is 0 Å². The zero-order valence-corrected chi connectivity index (χ0v) is 15.2. The Morgan fingerprint density at radius 3 is 2.96 bits per heavy atom. The fourth-order valence-electron chi connectivity index (χ4n) is 2.95. The van der Waals surface area contributed by atoms with Gasteiger partial charge < -0.3 is 14.8 Å². The number of nitrogens with one attached hydrogen (secondary N) is 1. The highest BCUT2D eigenvalue weighted by atomic mass is 32.1. The number of carbonyl (C=O) groups excluding carboxylic acids is 2. The maximum atomic E-state index is 12.4. The molecular weight excluding hydrogens is 338 g/mol. The summed E-state index contributed by atoms with van der Waals surface area (Å²) >= 11 is 1.24. The number of aryl methyl sites for hydroxylation is 1. The molecule has 1 aliphatic heterocycles. The Bertz CT molecular complexity index is 783. The standard InChI is InChI=1S/C19H21NO4S/c1-3-23-19(22)18-12(2)10-17(25-18)20-16(21)11-15-14-7-5-4-6-13(14)8-9-24-15/h4-7,10,15H,3,8-9,11H2,1-2H3,(H,20,21). The molecule has 132 valence electrons. The van der Waals surface area contributed by atoms with E-state index in [0.29, 0.717) is 23.1 Å². The summed E-state index contributed by atoms with van der Waals surface area (Å²) in [5, 5.41) is 3.52. The zero-order chi connectivity index (χ0) is 17.8. The maximum absolute atomic E-state index is 12.4. The van der Waals surface area contributed by atoms with Gasteiger partial charge in [-0.2, -0.15) is 0 Å². The van der Waals surface area contributed by atoms with E-state index in [9.17, 15) is 9.59 Å². The number of ether oxygens (including phenoxy) is 2. The van der Waals surface area contributed by atoms with Crippen LogP contribution in [0, 0.1) is 6.92 Å². The van der Waals surface area contributed by atoms with Crippen molar-refractivity contribution in [1.29, 1.82) is 0 Å². The fourth-order valence-corrected chi connectivity index (χ4v) is 3.93. The number of benzene rings is 1. The summed E-state index contributed by atoms with van der Waals surface area (Å²) in [5.41, 5.74) is 3.12. The van der Waals surface area contributed by atoms with Gasteiger partial charge in [-0.15, -0.1) is 11.3 Å². The normalized spacial score (nSPS) is 16.2. The summed E-state index contributed by atoms with van der Waals surface area (Å²) in [6, 6.07) is 9.86. The van der Waals surface area contributed by atoms with Crippen LogP contribution >= 0.6 is 11.3 Å². The van der Waals surface area contributed by atoms with Crippen LogP contribution in [0.4, 0.5) is 5.00 Å². The van der Waals surface area contributed by atoms with Gasteiger partial charge in [-0.1, -0.05) is 24.3 Å². The minimum Gasteiger partial charge on any atom is -0.462 e. The van der Waals surface area contributed by atoms with Gasteiger partial charge in [-0.25, -0.2) is 4.79 Å². The summed E-state index contributed by atoms with van der Waals surface area (Å²) in [6.07, 6.45) is 0.903. The molecule has 0 saturated heterocycles. The second-order valence-electron chi connectivity index (χ2n) is 5.90. The molecule has 1 N–H and O–H groups in total. The van der Waals surface area contributed by atoms with Crippen LogP contribution in [0.2, 0.25) is 0 Å². The van der Waals surface area contributed by atoms with E-state index < -0.39 is 0 Å². The average Bonchev–Trinajstić information content (AvgIpc) is 2.95. The minimum absolute atomic E-state index is 0.127. The second kappa shape index (κ2) is 7.80. The van der Waals surface area contributed by atoms with Crippen LogP contribution in [0.15, 0.2) is 30.3 Å². The molecular formula is C19H21NO4S. The number of amides is 1. The molecule has 0 spiro atoms. The molecule has 1 aromatic carbocycles. The number of thiophene rings is 1. The van der Waals surface area contributed by atoms with E-state index in [1.807, 2.05) is 25.1 Å². The maximum Gasteiger partial charge on any atom is 0.348 e. The molecule has 1 unspecified atom stereocenters. The number of hydrogen-bond donors (Lipinski definition) is 1. The molecule has 25 heavy (non-hydrogen) atoms. The lowest BCUT2D eigenvalue weighted by atomic mass is 9.96. The molecule has 6 heteroatoms. The number of hydrogen-bond acceptors (Lipinski definition) is 5. The summed E-state index contributed by atoms with van der Waals surface area (Å²) in [7, 11) is 0. The molecule has 1 aliphatic rings. The quantitative estimate of drug-likeness (QED) is 0.823. The van der Waals surface area contributed by atoms with E-state index in [1.54, 1.807) is 13.0 Å². The third kappa shape index (κ3) is 4.08. The monoisotopic (exact) mass is 359 g/mol. The number of rotatable bonds is 5. The third-order valence-corrected chi connectivity index (χ3v) is 5.24. The first kappa shape index (κ1) is 17.6. The van der Waals surface area contributed by atoms with Crippen molar-refractivity contribution in [3.63, 3.8) is 0 Å². The third-order valence-electron chi connectivity index (χ3n) is 4.10. The first-order valence-electron chi connectivity index (χ1n) is 8.35. The largest absolute Gasteiger partial charge is 0.462 e. The Morgan fingerprint density at radius 1 is 1.36 bits per heavy atom. The van der Waals surface area contributed by atoms with Crippen LogP contribution < -0.4 is 5.32 Å². The summed E-state index contributed by atoms with van der Waals surface area (Å²) in [6.45, 7) is 4.56. The van der Waals surface area contributed by atoms with Gasteiger partial charge in [0.1, 0.15) is 4.88 Å². The molecule has 0 bridgehead atoms. The van der Waals surface area contributed by atoms with Gasteiger partial charge in [-0.3, -0.25) is 4.79 Å². The number of carbonyl (C=O) groups is 2. The predicted molar refractivity (Wildman–Crippen MR) is 97.1 cm³/mol. The second-order valence-corrected chi connectivity index (χ2v) is 6.96. The highest BCUT2D eigenvalue weighted by molar-refractivity contribution is 7.18. The van der Waals surface area contributed by atoms with Crippen LogP contribution in [-0.4, -0.2) is 25.1 Å². The Morgan fingerprint density at radius 2 is 2.16 bits per heavy atom. The molecule has 3 rings (SSSR count). The van der Waals surface area contributed by atoms with Gasteiger partial charge in [0.2, 0.25) is 5.91 Å². The number of esters is 1. The first-order chi connectivity index (χ1) is 12.1. The van der Waals surface area contributed by atoms with E-state index in [2.05, 4.69) is 11.4 Å². The summed E-state index contributed by atoms with van der Waals surface area (Å²) in [5.74, 6) is -0.478. The molecule has 0 saturated carbocycles. The van der Waals surface area contributed by atoms with Gasteiger partial charge in [0.25, 0.3) is 0 Å². The van der Waals surface area contributed by atoms with Gasteiger partial charge in [0.15, 0.2) is 0 Å². The molecule has 2 aromatic rings. The Kier molecular flexibility index (Phi) is 5.50. The van der Waals surface area contributed by atoms with Crippen molar-refractivity contribution in [1.82, 2.24) is 0 Å². The molecule has 0 aliphatic carbocycles. The highest BCUT2D eigenvalue weighted by Crippen LogP contribution is 2.31. The van der Waals surface area contributed by atoms with Crippen LogP contribution in [0.1, 0.15) is 45.8 Å². The molecule has 2 heterocycles. The Labute approximate surface area is 151 Å². The van der Waals surface area contributed by atoms with Crippen LogP contribution in [-0.2, 0) is 20.7 Å². The number of fused-ring (bicyclic) bond motifs is 1. The SMILES string of the molecule is CCOC(=O)c1sc(NC(=O)CC2OCCc3ccccc32)cc1C. The van der Waals surface area contributed by atoms with Crippen LogP contribution in [0.25, 0.3) is 0 Å². The number of anilines is 1. The molecule has 1 amide bonds. The molecule has 1 atom stereocenters. The van der Waals surface area contributed by atoms with Crippen molar-refractivity contribution in [2.75, 3.05) is 18.5 Å². The Balaban J connectivity index is 1.66. The van der Waals surface area contributed by atoms with Crippen LogP contribution in [0.5, 0.6) is 0 Å². The van der Waals surface area contributed by atoms with E-state index >= 15 is 0 Å². The van der Waals surface area contributed by atoms with Crippen molar-refractivity contribution in [2.24, 2.45) is 0 Å². The lowest BCUT2D eigenvalue weighted by Gasteiger charge is -2.25. The topological polar surface area (TPSA) is 64.6 Å². The predicted octanol–water partition coefficient (Wildman–Crippen LogP) is 3.88. The smallest absolute Gasteiger partial charge is 0.348 e. The lowest BCUT2D eigenvalue weighted by molar-refractivity contribution is -0.119. The summed E-state index contributed by atoms with van der Waals surface area (Å²) < 4.78 is 10.8. The highest BCUT2D eigenvalue weighted by Gasteiger charge is 2.24. The minimum atomic E-state index is -0.352. The van der Waals surface area contributed by atoms with E-state index in [4.69, 9.17) is 9.47 Å². The van der Waals surface area contributed by atoms with Crippen molar-refractivity contribution in [2.45, 2.75) is 32.8 Å². The average molecular weight is 359 g/mol. The molecule has 1 aromatic heterocycles. The molecule has 0 radical (unpaired) electrons. The van der Waals surface area contributed by atoms with Crippen molar-refractivity contribution >= 4 is 28.2 Å². The lowest BCUT2D eigenvalue weighted by Crippen LogP contribution is -2.22. The van der Waals surface area contributed by atoms with Crippen molar-refractivity contribution < 1.29 is 19.1 Å². The van der Waals surface area contributed by atoms with Gasteiger partial charge in [0, 0.05) is 0 Å². The molecule has 0 fully saturated rings. The summed E-state index contributed by atoms with van der Waals surface area (Å²) in [4.78, 5) is 24.8. The Hall–Kier alpha value is -2.18.